The van der Waals surface area contributed by atoms with Gasteiger partial charge in [0.05, 0.1) is 0 Å². The minimum Gasteiger partial charge on any atom is -0.280 e. The number of carbonyl (C=O) groups excluding carboxylic acids is 4. The number of nitrogens with one attached hydrogen (secondary N) is 1. The molecule has 2 rings (SSSR count). The number of rotatable bonds is 5. The van der Waals surface area contributed by atoms with E-state index in [1.165, 1.54) is 24.1 Å². The molecule has 8 heteroatoms. The minimum absolute atomic E-state index is 0.0408. The largest absolute Gasteiger partial charge is 0.280 e. The van der Waals surface area contributed by atoms with Gasteiger partial charge in [0, 0.05) is 31.7 Å². The van der Waals surface area contributed by atoms with Gasteiger partial charge in [-0.2, -0.15) is 0 Å². The van der Waals surface area contributed by atoms with Gasteiger partial charge in [0.1, 0.15) is 5.25 Å². The van der Waals surface area contributed by atoms with Gasteiger partial charge >= 0.3 is 0 Å². The number of hydrogen-bond donors (Lipinski definition) is 1. The third-order valence-corrected chi connectivity index (χ3v) is 3.80. The maximum atomic E-state index is 11.9. The molecular formula is C11H13N3O4S. The number of likely N-dealkylation sites (tertiary alicyclic amines) is 1. The van der Waals surface area contributed by atoms with Crippen LogP contribution in [0.25, 0.3) is 0 Å². The Hall–Kier alpha value is -1.67. The van der Waals surface area contributed by atoms with Crippen molar-refractivity contribution < 1.29 is 19.2 Å². The molecule has 0 aromatic rings. The molecule has 0 aliphatic carbocycles. The average Bonchev–Trinajstić information content (AvgIpc) is 2.81. The number of nitrogens with zero attached hydrogens (tertiary/aromatic N) is 2. The molecule has 2 aliphatic rings. The molecule has 19 heavy (non-hydrogen) atoms. The highest BCUT2D eigenvalue weighted by Gasteiger charge is 2.39. The van der Waals surface area contributed by atoms with Gasteiger partial charge in [-0.1, -0.05) is 11.9 Å². The summed E-state index contributed by atoms with van der Waals surface area (Å²) in [6.07, 6.45) is 2.50. The van der Waals surface area contributed by atoms with E-state index < -0.39 is 17.1 Å². The fourth-order valence-electron chi connectivity index (χ4n) is 1.97. The van der Waals surface area contributed by atoms with E-state index in [9.17, 15) is 19.2 Å². The zero-order valence-electron chi connectivity index (χ0n) is 10.3. The zero-order valence-corrected chi connectivity index (χ0v) is 11.1. The topological polar surface area (TPSA) is 86.8 Å². The van der Waals surface area contributed by atoms with E-state index in [4.69, 9.17) is 0 Å². The number of imide groups is 2. The fourth-order valence-corrected chi connectivity index (χ4v) is 2.71. The van der Waals surface area contributed by atoms with Crippen molar-refractivity contribution in [2.45, 2.75) is 11.7 Å². The molecule has 0 aromatic heterocycles. The summed E-state index contributed by atoms with van der Waals surface area (Å²) in [5.41, 5.74) is 0. The quantitative estimate of drug-likeness (QED) is 0.509. The van der Waals surface area contributed by atoms with Crippen LogP contribution < -0.4 is 4.72 Å². The second kappa shape index (κ2) is 5.54. The molecule has 1 atom stereocenters. The van der Waals surface area contributed by atoms with E-state index in [2.05, 4.69) is 4.72 Å². The summed E-state index contributed by atoms with van der Waals surface area (Å²) in [7, 11) is 1.68. The van der Waals surface area contributed by atoms with E-state index in [0.717, 1.165) is 9.80 Å². The molecule has 1 N–H and O–H groups in total. The summed E-state index contributed by atoms with van der Waals surface area (Å²) in [5.74, 6) is -1.38. The molecule has 2 aliphatic heterocycles. The Labute approximate surface area is 114 Å². The predicted molar refractivity (Wildman–Crippen MR) is 67.6 cm³/mol. The van der Waals surface area contributed by atoms with Crippen LogP contribution in [0.3, 0.4) is 0 Å². The summed E-state index contributed by atoms with van der Waals surface area (Å²) >= 11 is 1.19. The molecular weight excluding hydrogens is 270 g/mol. The van der Waals surface area contributed by atoms with Gasteiger partial charge < -0.3 is 0 Å². The van der Waals surface area contributed by atoms with Crippen molar-refractivity contribution in [3.05, 3.63) is 12.2 Å². The molecule has 0 bridgehead atoms. The lowest BCUT2D eigenvalue weighted by Crippen LogP contribution is -2.41. The Kier molecular flexibility index (Phi) is 4.01. The summed E-state index contributed by atoms with van der Waals surface area (Å²) in [6.45, 7) is 0.0939. The first-order valence-electron chi connectivity index (χ1n) is 5.74. The molecule has 2 heterocycles. The maximum Gasteiger partial charge on any atom is 0.253 e. The third kappa shape index (κ3) is 2.69. The van der Waals surface area contributed by atoms with E-state index in [1.807, 2.05) is 0 Å². The van der Waals surface area contributed by atoms with Crippen LogP contribution in [0.2, 0.25) is 0 Å². The number of hydrogen-bond acceptors (Lipinski definition) is 6. The first kappa shape index (κ1) is 13.8. The van der Waals surface area contributed by atoms with Crippen molar-refractivity contribution in [3.8, 4) is 0 Å². The Morgan fingerprint density at radius 1 is 1.16 bits per heavy atom. The third-order valence-electron chi connectivity index (χ3n) is 2.91. The van der Waals surface area contributed by atoms with Crippen molar-refractivity contribution in [3.63, 3.8) is 0 Å². The maximum absolute atomic E-state index is 11.9. The van der Waals surface area contributed by atoms with E-state index >= 15 is 0 Å². The summed E-state index contributed by atoms with van der Waals surface area (Å²) < 4.78 is 2.78. The molecule has 1 unspecified atom stereocenters. The van der Waals surface area contributed by atoms with Gasteiger partial charge in [-0.3, -0.25) is 33.7 Å². The lowest BCUT2D eigenvalue weighted by Gasteiger charge is -2.19. The van der Waals surface area contributed by atoms with Crippen LogP contribution >= 0.6 is 11.9 Å². The highest BCUT2D eigenvalue weighted by Crippen LogP contribution is 2.22. The standard InChI is InChI=1S/C11H13N3O4S/c1-12-19-7-6-10(17)14(11(7)18)5-4-13-8(15)2-3-9(13)16/h2-3,7,12H,4-6H2,1H3. The van der Waals surface area contributed by atoms with Crippen LogP contribution in [-0.4, -0.2) is 58.8 Å². The van der Waals surface area contributed by atoms with Crippen molar-refractivity contribution >= 4 is 35.6 Å². The first-order valence-corrected chi connectivity index (χ1v) is 6.62. The van der Waals surface area contributed by atoms with E-state index in [1.54, 1.807) is 7.05 Å². The minimum atomic E-state index is -0.430. The van der Waals surface area contributed by atoms with E-state index in [-0.39, 0.29) is 31.3 Å². The molecule has 102 valence electrons. The highest BCUT2D eigenvalue weighted by atomic mass is 32.2. The molecule has 0 radical (unpaired) electrons. The average molecular weight is 283 g/mol. The van der Waals surface area contributed by atoms with Crippen LogP contribution in [0.1, 0.15) is 6.42 Å². The summed E-state index contributed by atoms with van der Waals surface area (Å²) in [5, 5.41) is -0.430. The van der Waals surface area contributed by atoms with Gasteiger partial charge in [0.2, 0.25) is 11.8 Å². The second-order valence-electron chi connectivity index (χ2n) is 4.06. The predicted octanol–water partition coefficient (Wildman–Crippen LogP) is -1.09. The smallest absolute Gasteiger partial charge is 0.253 e. The second-order valence-corrected chi connectivity index (χ2v) is 5.27. The Morgan fingerprint density at radius 2 is 1.74 bits per heavy atom. The van der Waals surface area contributed by atoms with Crippen LogP contribution in [-0.2, 0) is 19.2 Å². The van der Waals surface area contributed by atoms with Crippen LogP contribution in [0.15, 0.2) is 12.2 Å². The fraction of sp³-hybridized carbons (Fsp3) is 0.455. The molecule has 0 aromatic carbocycles. The van der Waals surface area contributed by atoms with Gasteiger partial charge in [-0.15, -0.1) is 0 Å². The summed E-state index contributed by atoms with van der Waals surface area (Å²) in [6, 6.07) is 0. The normalized spacial score (nSPS) is 23.1. The molecule has 7 nitrogen and oxygen atoms in total. The SMILES string of the molecule is CNSC1CC(=O)N(CCN2C(=O)C=CC2=O)C1=O. The molecule has 1 fully saturated rings. The van der Waals surface area contributed by atoms with Crippen LogP contribution in [0, 0.1) is 0 Å². The van der Waals surface area contributed by atoms with Crippen LogP contribution in [0.4, 0.5) is 0 Å². The molecule has 1 saturated heterocycles. The monoisotopic (exact) mass is 283 g/mol. The van der Waals surface area contributed by atoms with Crippen molar-refractivity contribution in [1.82, 2.24) is 14.5 Å². The van der Waals surface area contributed by atoms with Crippen LogP contribution in [0.5, 0.6) is 0 Å². The van der Waals surface area contributed by atoms with Crippen molar-refractivity contribution in [2.75, 3.05) is 20.1 Å². The first-order chi connectivity index (χ1) is 9.04. The van der Waals surface area contributed by atoms with Crippen molar-refractivity contribution in [2.24, 2.45) is 0 Å². The lowest BCUT2D eigenvalue weighted by atomic mass is 10.4. The number of carbonyl (C=O) groups is 4. The highest BCUT2D eigenvalue weighted by molar-refractivity contribution is 7.98. The Morgan fingerprint density at radius 3 is 2.32 bits per heavy atom. The molecule has 0 saturated carbocycles. The van der Waals surface area contributed by atoms with Gasteiger partial charge in [0.15, 0.2) is 0 Å². The number of amides is 4. The lowest BCUT2D eigenvalue weighted by molar-refractivity contribution is -0.142. The van der Waals surface area contributed by atoms with Crippen molar-refractivity contribution in [1.29, 1.82) is 0 Å². The molecule has 0 spiro atoms. The van der Waals surface area contributed by atoms with E-state index in [0.29, 0.717) is 0 Å². The van der Waals surface area contributed by atoms with Gasteiger partial charge in [0.25, 0.3) is 11.8 Å². The zero-order chi connectivity index (χ0) is 14.0. The Bertz CT molecular complexity index is 459. The van der Waals surface area contributed by atoms with Gasteiger partial charge in [-0.25, -0.2) is 0 Å². The summed E-state index contributed by atoms with van der Waals surface area (Å²) in [4.78, 5) is 48.4. The Balaban J connectivity index is 1.93. The van der Waals surface area contributed by atoms with Gasteiger partial charge in [-0.05, 0) is 7.05 Å². The molecule has 4 amide bonds.